The van der Waals surface area contributed by atoms with Crippen LogP contribution >= 0.6 is 0 Å². The second kappa shape index (κ2) is 8.51. The molecule has 0 aliphatic rings. The number of rotatable bonds is 8. The van der Waals surface area contributed by atoms with Crippen LogP contribution in [0.4, 0.5) is 5.69 Å². The molecule has 0 fully saturated rings. The van der Waals surface area contributed by atoms with E-state index in [1.54, 1.807) is 48.3 Å². The molecule has 1 unspecified atom stereocenters. The smallest absolute Gasteiger partial charge is 0.312 e. The van der Waals surface area contributed by atoms with Crippen molar-refractivity contribution >= 4 is 15.7 Å². The van der Waals surface area contributed by atoms with Crippen molar-refractivity contribution in [1.82, 2.24) is 14.3 Å². The van der Waals surface area contributed by atoms with E-state index in [4.69, 9.17) is 9.47 Å². The molecule has 30 heavy (non-hydrogen) atoms. The summed E-state index contributed by atoms with van der Waals surface area (Å²) in [7, 11) is 0.365. The molecule has 10 nitrogen and oxygen atoms in total. The Morgan fingerprint density at radius 3 is 2.53 bits per heavy atom. The molecule has 1 aromatic heterocycles. The van der Waals surface area contributed by atoms with E-state index in [1.807, 2.05) is 0 Å². The molecule has 158 valence electrons. The first-order valence-corrected chi connectivity index (χ1v) is 10.2. The van der Waals surface area contributed by atoms with Gasteiger partial charge in [-0.3, -0.25) is 10.1 Å². The number of aryl methyl sites for hydroxylation is 1. The number of nitrogens with zero attached hydrogens (tertiary/aromatic N) is 3. The van der Waals surface area contributed by atoms with Gasteiger partial charge in [0.15, 0.2) is 5.75 Å². The highest BCUT2D eigenvalue weighted by Gasteiger charge is 2.28. The van der Waals surface area contributed by atoms with E-state index >= 15 is 0 Å². The summed E-state index contributed by atoms with van der Waals surface area (Å²) in [5.74, 6) is 0.952. The molecule has 1 heterocycles. The van der Waals surface area contributed by atoms with Crippen LogP contribution in [0, 0.1) is 10.1 Å². The van der Waals surface area contributed by atoms with Crippen LogP contribution in [-0.2, 0) is 17.1 Å². The van der Waals surface area contributed by atoms with Gasteiger partial charge >= 0.3 is 5.69 Å². The fraction of sp³-hybridized carbons (Fsp3) is 0.211. The first-order valence-electron chi connectivity index (χ1n) is 8.72. The zero-order valence-corrected chi connectivity index (χ0v) is 17.3. The Kier molecular flexibility index (Phi) is 6.04. The molecule has 0 bridgehead atoms. The lowest BCUT2D eigenvalue weighted by Gasteiger charge is -2.20. The van der Waals surface area contributed by atoms with Crippen LogP contribution in [0.15, 0.2) is 59.8 Å². The summed E-state index contributed by atoms with van der Waals surface area (Å²) in [6.07, 6.45) is 3.24. The van der Waals surface area contributed by atoms with E-state index in [1.165, 1.54) is 26.4 Å². The second-order valence-electron chi connectivity index (χ2n) is 6.32. The molecule has 2 aromatic carbocycles. The highest BCUT2D eigenvalue weighted by molar-refractivity contribution is 7.89. The number of hydrogen-bond acceptors (Lipinski definition) is 7. The van der Waals surface area contributed by atoms with Gasteiger partial charge in [0, 0.05) is 25.5 Å². The van der Waals surface area contributed by atoms with Crippen LogP contribution in [0.5, 0.6) is 11.5 Å². The van der Waals surface area contributed by atoms with Crippen LogP contribution in [-0.4, -0.2) is 37.1 Å². The third-order valence-corrected chi connectivity index (χ3v) is 5.89. The molecule has 0 spiro atoms. The summed E-state index contributed by atoms with van der Waals surface area (Å²) in [6.45, 7) is 0. The van der Waals surface area contributed by atoms with Gasteiger partial charge in [-0.15, -0.1) is 0 Å². The first kappa shape index (κ1) is 21.3. The maximum absolute atomic E-state index is 13.1. The minimum absolute atomic E-state index is 0.0348. The number of aromatic nitrogens is 2. The monoisotopic (exact) mass is 432 g/mol. The molecule has 3 rings (SSSR count). The Morgan fingerprint density at radius 1 is 1.17 bits per heavy atom. The molecule has 0 saturated carbocycles. The summed E-state index contributed by atoms with van der Waals surface area (Å²) in [6, 6.07) is 9.49. The van der Waals surface area contributed by atoms with Crippen LogP contribution in [0.3, 0.4) is 0 Å². The lowest BCUT2D eigenvalue weighted by molar-refractivity contribution is -0.386. The summed E-state index contributed by atoms with van der Waals surface area (Å²) < 4.78 is 40.7. The van der Waals surface area contributed by atoms with Crippen molar-refractivity contribution in [3.8, 4) is 11.5 Å². The van der Waals surface area contributed by atoms with Crippen LogP contribution in [0.2, 0.25) is 0 Å². The summed E-state index contributed by atoms with van der Waals surface area (Å²) in [4.78, 5) is 14.6. The van der Waals surface area contributed by atoms with Gasteiger partial charge in [-0.05, 0) is 29.8 Å². The SMILES string of the molecule is COc1cccc(C(NS(=O)(=O)c2ccc(OC)c([N+](=O)[O-])c2)c2nccn2C)c1. The fourth-order valence-corrected chi connectivity index (χ4v) is 4.15. The van der Waals surface area contributed by atoms with Crippen LogP contribution in [0.25, 0.3) is 0 Å². The van der Waals surface area contributed by atoms with Gasteiger partial charge in [-0.25, -0.2) is 13.4 Å². The second-order valence-corrected chi connectivity index (χ2v) is 8.03. The number of sulfonamides is 1. The number of nitro groups is 1. The number of benzene rings is 2. The Hall–Kier alpha value is -3.44. The zero-order chi connectivity index (χ0) is 21.9. The summed E-state index contributed by atoms with van der Waals surface area (Å²) in [5.41, 5.74) is 0.144. The highest BCUT2D eigenvalue weighted by Crippen LogP contribution is 2.31. The van der Waals surface area contributed by atoms with E-state index in [-0.39, 0.29) is 10.6 Å². The maximum Gasteiger partial charge on any atom is 0.312 e. The molecular weight excluding hydrogens is 412 g/mol. The van der Waals surface area contributed by atoms with Gasteiger partial charge in [-0.1, -0.05) is 12.1 Å². The molecular formula is C19H20N4O6S. The van der Waals surface area contributed by atoms with Gasteiger partial charge in [-0.2, -0.15) is 4.72 Å². The molecule has 0 radical (unpaired) electrons. The van der Waals surface area contributed by atoms with Crippen molar-refractivity contribution in [2.45, 2.75) is 10.9 Å². The van der Waals surface area contributed by atoms with Crippen LogP contribution in [0.1, 0.15) is 17.4 Å². The van der Waals surface area contributed by atoms with E-state index in [0.717, 1.165) is 6.07 Å². The van der Waals surface area contributed by atoms with Crippen molar-refractivity contribution < 1.29 is 22.8 Å². The summed E-state index contributed by atoms with van der Waals surface area (Å²) >= 11 is 0. The van der Waals surface area contributed by atoms with Crippen LogP contribution < -0.4 is 14.2 Å². The van der Waals surface area contributed by atoms with Crippen molar-refractivity contribution in [3.05, 3.63) is 76.4 Å². The molecule has 0 aliphatic carbocycles. The first-order chi connectivity index (χ1) is 14.3. The number of nitrogens with one attached hydrogen (secondary N) is 1. The predicted molar refractivity (Wildman–Crippen MR) is 108 cm³/mol. The minimum Gasteiger partial charge on any atom is -0.497 e. The van der Waals surface area contributed by atoms with Gasteiger partial charge in [0.2, 0.25) is 10.0 Å². The Bertz CT molecular complexity index is 1180. The molecule has 1 atom stereocenters. The molecule has 11 heteroatoms. The zero-order valence-electron chi connectivity index (χ0n) is 16.5. The fourth-order valence-electron chi connectivity index (χ4n) is 2.95. The third kappa shape index (κ3) is 4.26. The number of nitro benzene ring substituents is 1. The van der Waals surface area contributed by atoms with E-state index in [0.29, 0.717) is 17.1 Å². The minimum atomic E-state index is -4.16. The number of methoxy groups -OCH3 is 2. The Morgan fingerprint density at radius 2 is 1.93 bits per heavy atom. The van der Waals surface area contributed by atoms with Gasteiger partial charge in [0.25, 0.3) is 0 Å². The molecule has 0 amide bonds. The maximum atomic E-state index is 13.1. The van der Waals surface area contributed by atoms with Crippen molar-refractivity contribution in [1.29, 1.82) is 0 Å². The lowest BCUT2D eigenvalue weighted by atomic mass is 10.1. The normalized spacial score (nSPS) is 12.4. The molecule has 3 aromatic rings. The average molecular weight is 432 g/mol. The van der Waals surface area contributed by atoms with Gasteiger partial charge in [0.1, 0.15) is 17.6 Å². The molecule has 0 aliphatic heterocycles. The quantitative estimate of drug-likeness (QED) is 0.428. The van der Waals surface area contributed by atoms with Crippen molar-refractivity contribution in [3.63, 3.8) is 0 Å². The number of ether oxygens (including phenoxy) is 2. The molecule has 1 N–H and O–H groups in total. The average Bonchev–Trinajstić information content (AvgIpc) is 3.17. The van der Waals surface area contributed by atoms with Gasteiger partial charge in [0.05, 0.1) is 24.0 Å². The van der Waals surface area contributed by atoms with Gasteiger partial charge < -0.3 is 14.0 Å². The number of imidazole rings is 1. The van der Waals surface area contributed by atoms with E-state index in [9.17, 15) is 18.5 Å². The lowest BCUT2D eigenvalue weighted by Crippen LogP contribution is -2.31. The summed E-state index contributed by atoms with van der Waals surface area (Å²) in [5, 5.41) is 11.3. The Balaban J connectivity index is 2.07. The predicted octanol–water partition coefficient (Wildman–Crippen LogP) is 2.41. The van der Waals surface area contributed by atoms with Crippen molar-refractivity contribution in [2.24, 2.45) is 7.05 Å². The van der Waals surface area contributed by atoms with Crippen molar-refractivity contribution in [2.75, 3.05) is 14.2 Å². The van der Waals surface area contributed by atoms with E-state index < -0.39 is 26.7 Å². The third-order valence-electron chi connectivity index (χ3n) is 4.47. The Labute approximate surface area is 173 Å². The topological polar surface area (TPSA) is 126 Å². The van der Waals surface area contributed by atoms with E-state index in [2.05, 4.69) is 9.71 Å². The molecule has 0 saturated heterocycles. The standard InChI is InChI=1S/C19H20N4O6S/c1-22-10-9-20-19(22)18(13-5-4-6-14(11-13)28-2)21-30(26,27)15-7-8-17(29-3)16(12-15)23(24)25/h4-12,18,21H,1-3H3. The number of hydrogen-bond donors (Lipinski definition) is 1. The highest BCUT2D eigenvalue weighted by atomic mass is 32.2. The largest absolute Gasteiger partial charge is 0.497 e.